The molecule has 0 saturated carbocycles. The Morgan fingerprint density at radius 2 is 2.11 bits per heavy atom. The van der Waals surface area contributed by atoms with Crippen LogP contribution >= 0.6 is 0 Å². The smallest absolute Gasteiger partial charge is 0.387 e. The number of piperazine rings is 1. The lowest BCUT2D eigenvalue weighted by molar-refractivity contribution is -0.0493. The molecular weight excluding hydrogens is 252 g/mol. The summed E-state index contributed by atoms with van der Waals surface area (Å²) in [5, 5.41) is 0. The normalized spacial score (nSPS) is 27.7. The van der Waals surface area contributed by atoms with Crippen molar-refractivity contribution in [3.63, 3.8) is 0 Å². The average Bonchev–Trinajstić information content (AvgIpc) is 2.31. The summed E-state index contributed by atoms with van der Waals surface area (Å²) in [5.74, 6) is -0.138. The fraction of sp³-hybridized carbons (Fsp3) is 0.538. The van der Waals surface area contributed by atoms with Crippen LogP contribution in [0.3, 0.4) is 0 Å². The second-order valence-electron chi connectivity index (χ2n) is 5.22. The number of halogens is 2. The molecule has 0 spiro atoms. The van der Waals surface area contributed by atoms with Crippen molar-refractivity contribution in [1.82, 2.24) is 4.90 Å². The summed E-state index contributed by atoms with van der Waals surface area (Å²) >= 11 is 0. The van der Waals surface area contributed by atoms with E-state index in [0.717, 1.165) is 25.2 Å². The molecule has 6 heteroatoms. The van der Waals surface area contributed by atoms with Crippen molar-refractivity contribution in [2.75, 3.05) is 30.8 Å². The van der Waals surface area contributed by atoms with E-state index in [1.165, 1.54) is 6.07 Å². The van der Waals surface area contributed by atoms with Crippen LogP contribution in [0.1, 0.15) is 7.79 Å². The molecule has 0 aromatic heterocycles. The molecule has 2 aliphatic heterocycles. The highest BCUT2D eigenvalue weighted by Gasteiger charge is 2.43. The quantitative estimate of drug-likeness (QED) is 0.850. The molecule has 2 aliphatic rings. The Morgan fingerprint density at radius 1 is 1.42 bits per heavy atom. The van der Waals surface area contributed by atoms with Crippen molar-refractivity contribution in [3.05, 3.63) is 18.2 Å². The maximum absolute atomic E-state index is 12.7. The zero-order valence-electron chi connectivity index (χ0n) is 11.6. The third kappa shape index (κ3) is 2.20. The van der Waals surface area contributed by atoms with Crippen LogP contribution in [-0.2, 0) is 0 Å². The second-order valence-corrected chi connectivity index (χ2v) is 5.22. The Balaban J connectivity index is 1.83. The molecule has 2 N–H and O–H groups in total. The van der Waals surface area contributed by atoms with Gasteiger partial charge in [-0.3, -0.25) is 0 Å². The van der Waals surface area contributed by atoms with Crippen molar-refractivity contribution in [2.24, 2.45) is 0 Å². The number of benzene rings is 1. The molecule has 2 unspecified atom stereocenters. The molecule has 0 radical (unpaired) electrons. The van der Waals surface area contributed by atoms with Gasteiger partial charge < -0.3 is 20.3 Å². The van der Waals surface area contributed by atoms with Gasteiger partial charge in [0.1, 0.15) is 0 Å². The summed E-state index contributed by atoms with van der Waals surface area (Å²) in [6.45, 7) is -2.05. The minimum atomic E-state index is -3.97. The molecule has 19 heavy (non-hydrogen) atoms. The van der Waals surface area contributed by atoms with Gasteiger partial charge in [-0.15, -0.1) is 0 Å². The fourth-order valence-corrected chi connectivity index (χ4v) is 3.10. The predicted molar refractivity (Wildman–Crippen MR) is 69.7 cm³/mol. The number of anilines is 2. The first-order valence-electron chi connectivity index (χ1n) is 6.77. The van der Waals surface area contributed by atoms with Crippen molar-refractivity contribution in [3.8, 4) is 5.75 Å². The Labute approximate surface area is 112 Å². The molecule has 3 rings (SSSR count). The number of ether oxygens (including phenoxy) is 1. The number of likely N-dealkylation sites (tertiary alicyclic amines) is 1. The van der Waals surface area contributed by atoms with Crippen molar-refractivity contribution < 1.29 is 14.9 Å². The average molecular weight is 270 g/mol. The van der Waals surface area contributed by atoms with Gasteiger partial charge in [-0.05, 0) is 25.6 Å². The molecule has 4 nitrogen and oxygen atoms in total. The highest BCUT2D eigenvalue weighted by molar-refractivity contribution is 5.64. The first-order valence-corrected chi connectivity index (χ1v) is 6.27. The van der Waals surface area contributed by atoms with Gasteiger partial charge in [0.05, 0.1) is 5.69 Å². The van der Waals surface area contributed by atoms with Gasteiger partial charge in [0.15, 0.2) is 7.12 Å². The van der Waals surface area contributed by atoms with Crippen LogP contribution in [0.5, 0.6) is 5.75 Å². The van der Waals surface area contributed by atoms with E-state index in [1.807, 2.05) is 6.07 Å². The van der Waals surface area contributed by atoms with Gasteiger partial charge in [0.2, 0.25) is 0 Å². The fourth-order valence-electron chi connectivity index (χ4n) is 3.10. The Hall–Kier alpha value is -1.56. The Bertz CT molecular complexity index is 511. The van der Waals surface area contributed by atoms with Crippen LogP contribution in [0.2, 0.25) is 0 Å². The molecule has 2 bridgehead atoms. The summed E-state index contributed by atoms with van der Waals surface area (Å²) in [4.78, 5) is 4.48. The first kappa shape index (κ1) is 11.3. The number of likely N-dealkylation sites (N-methyl/N-ethyl adjacent to an activating group) is 1. The molecule has 0 amide bonds. The lowest BCUT2D eigenvalue weighted by Gasteiger charge is -2.57. The van der Waals surface area contributed by atoms with Gasteiger partial charge in [-0.25, -0.2) is 0 Å². The van der Waals surface area contributed by atoms with Crippen molar-refractivity contribution >= 4 is 11.4 Å². The molecule has 2 atom stereocenters. The number of nitrogens with two attached hydrogens (primary N) is 1. The van der Waals surface area contributed by atoms with Crippen LogP contribution in [0.15, 0.2) is 18.2 Å². The topological polar surface area (TPSA) is 41.7 Å². The number of nitrogens with zero attached hydrogens (tertiary/aromatic N) is 2. The van der Waals surface area contributed by atoms with Gasteiger partial charge in [0, 0.05) is 36.9 Å². The molecule has 0 aliphatic carbocycles. The molecule has 1 aromatic rings. The molecular formula is C13H17F2N3O. The number of nitrogen functional groups attached to an aromatic ring is 1. The van der Waals surface area contributed by atoms with Gasteiger partial charge in [-0.2, -0.15) is 8.78 Å². The Kier molecular flexibility index (Phi) is 2.69. The van der Waals surface area contributed by atoms with Gasteiger partial charge in [-0.1, -0.05) is 0 Å². The summed E-state index contributed by atoms with van der Waals surface area (Å²) in [6.07, 6.45) is 1.12. The minimum Gasteiger partial charge on any atom is -0.433 e. The maximum Gasteiger partial charge on any atom is 0.387 e. The van der Waals surface area contributed by atoms with E-state index in [2.05, 4.69) is 21.6 Å². The standard InChI is InChI=1S/C13H17F2N3O/c1-17-6-9-4-10(7-17)18(9)8-2-3-11(16)12(5-8)19-13(14)15/h2-3,5,9-10,13H,4,6-7,16H2,1H3/i13D. The van der Waals surface area contributed by atoms with Crippen LogP contribution in [0, 0.1) is 0 Å². The lowest BCUT2D eigenvalue weighted by Crippen LogP contribution is -2.68. The van der Waals surface area contributed by atoms with Crippen molar-refractivity contribution in [1.29, 1.82) is 0 Å². The van der Waals surface area contributed by atoms with Crippen LogP contribution < -0.4 is 15.4 Å². The third-order valence-corrected chi connectivity index (χ3v) is 3.86. The van der Waals surface area contributed by atoms with Crippen LogP contribution in [-0.4, -0.2) is 43.7 Å². The number of fused-ring (bicyclic) bond motifs is 2. The summed E-state index contributed by atoms with van der Waals surface area (Å²) in [7, 11) is 2.08. The Morgan fingerprint density at radius 3 is 2.74 bits per heavy atom. The van der Waals surface area contributed by atoms with E-state index in [-0.39, 0.29) is 11.4 Å². The van der Waals surface area contributed by atoms with E-state index < -0.39 is 6.59 Å². The lowest BCUT2D eigenvalue weighted by atomic mass is 9.87. The SMILES string of the molecule is [2H]C(F)(F)Oc1cc(N2C3CC2CN(C)C3)ccc1N. The second kappa shape index (κ2) is 4.52. The maximum atomic E-state index is 12.7. The number of alkyl halides is 2. The minimum absolute atomic E-state index is 0.114. The van der Waals surface area contributed by atoms with E-state index in [9.17, 15) is 8.78 Å². The van der Waals surface area contributed by atoms with Gasteiger partial charge >= 0.3 is 6.59 Å². The monoisotopic (exact) mass is 270 g/mol. The third-order valence-electron chi connectivity index (χ3n) is 3.86. The van der Waals surface area contributed by atoms with Crippen molar-refractivity contribution in [2.45, 2.75) is 25.1 Å². The van der Waals surface area contributed by atoms with Crippen LogP contribution in [0.4, 0.5) is 20.2 Å². The summed E-state index contributed by atoms with van der Waals surface area (Å²) in [5.41, 5.74) is 6.57. The van der Waals surface area contributed by atoms with E-state index >= 15 is 0 Å². The summed E-state index contributed by atoms with van der Waals surface area (Å²) in [6, 6.07) is 5.68. The van der Waals surface area contributed by atoms with Gasteiger partial charge in [0.25, 0.3) is 0 Å². The zero-order valence-corrected chi connectivity index (χ0v) is 10.6. The molecule has 2 heterocycles. The number of rotatable bonds is 3. The zero-order chi connectivity index (χ0) is 14.5. The van der Waals surface area contributed by atoms with E-state index in [1.54, 1.807) is 6.07 Å². The highest BCUT2D eigenvalue weighted by Crippen LogP contribution is 2.39. The number of piperidine rings is 1. The molecule has 2 fully saturated rings. The summed E-state index contributed by atoms with van der Waals surface area (Å²) < 4.78 is 36.2. The first-order chi connectivity index (χ1) is 9.33. The number of hydrogen-bond acceptors (Lipinski definition) is 4. The van der Waals surface area contributed by atoms with E-state index in [0.29, 0.717) is 12.1 Å². The molecule has 104 valence electrons. The molecule has 2 saturated heterocycles. The predicted octanol–water partition coefficient (Wildman–Crippen LogP) is 1.76. The van der Waals surface area contributed by atoms with Crippen LogP contribution in [0.25, 0.3) is 0 Å². The molecule has 1 aromatic carbocycles. The highest BCUT2D eigenvalue weighted by atomic mass is 19.3. The number of hydrogen-bond donors (Lipinski definition) is 1. The largest absolute Gasteiger partial charge is 0.433 e. The van der Waals surface area contributed by atoms with E-state index in [4.69, 9.17) is 7.10 Å².